The second-order valence-electron chi connectivity index (χ2n) is 7.21. The Morgan fingerprint density at radius 1 is 0.889 bits per heavy atom. The summed E-state index contributed by atoms with van der Waals surface area (Å²) in [5, 5.41) is 3.90. The number of rotatable bonds is 4. The maximum absolute atomic E-state index is 3.90. The number of nitrogens with one attached hydrogen (secondary N) is 1. The Morgan fingerprint density at radius 2 is 1.56 bits per heavy atom. The van der Waals surface area contributed by atoms with Crippen molar-refractivity contribution in [2.45, 2.75) is 78.2 Å². The first-order valence-electron chi connectivity index (χ1n) is 8.42. The standard InChI is InChI=1S/C17H33N/c1-4-15-7-9-16(10-8-15)12-18-17-11-13(2)5-6-14(17)3/h13-18H,4-12H2,1-3H3. The van der Waals surface area contributed by atoms with E-state index in [1.165, 1.54) is 57.9 Å². The van der Waals surface area contributed by atoms with Crippen LogP contribution < -0.4 is 5.32 Å². The van der Waals surface area contributed by atoms with Crippen LogP contribution in [0.4, 0.5) is 0 Å². The Morgan fingerprint density at radius 3 is 2.22 bits per heavy atom. The number of hydrogen-bond donors (Lipinski definition) is 1. The van der Waals surface area contributed by atoms with Crippen LogP contribution in [0.3, 0.4) is 0 Å². The lowest BCUT2D eigenvalue weighted by Gasteiger charge is -2.35. The predicted molar refractivity (Wildman–Crippen MR) is 79.7 cm³/mol. The highest BCUT2D eigenvalue weighted by Gasteiger charge is 2.26. The Hall–Kier alpha value is -0.0400. The molecule has 3 unspecified atom stereocenters. The van der Waals surface area contributed by atoms with Crippen molar-refractivity contribution in [3.05, 3.63) is 0 Å². The minimum atomic E-state index is 0.803. The molecular weight excluding hydrogens is 218 g/mol. The SMILES string of the molecule is CCC1CCC(CNC2CC(C)CCC2C)CC1. The Kier molecular flexibility index (Phi) is 5.54. The van der Waals surface area contributed by atoms with Crippen LogP contribution >= 0.6 is 0 Å². The summed E-state index contributed by atoms with van der Waals surface area (Å²) < 4.78 is 0. The molecule has 2 saturated carbocycles. The zero-order valence-corrected chi connectivity index (χ0v) is 12.8. The Labute approximate surface area is 114 Å². The van der Waals surface area contributed by atoms with Gasteiger partial charge in [-0.3, -0.25) is 0 Å². The maximum Gasteiger partial charge on any atom is 0.00953 e. The van der Waals surface area contributed by atoms with Crippen molar-refractivity contribution in [3.8, 4) is 0 Å². The monoisotopic (exact) mass is 251 g/mol. The van der Waals surface area contributed by atoms with Gasteiger partial charge in [-0.25, -0.2) is 0 Å². The first kappa shape index (κ1) is 14.4. The lowest BCUT2D eigenvalue weighted by atomic mass is 9.78. The van der Waals surface area contributed by atoms with Crippen molar-refractivity contribution in [1.82, 2.24) is 5.32 Å². The van der Waals surface area contributed by atoms with Crippen LogP contribution in [0, 0.1) is 23.7 Å². The van der Waals surface area contributed by atoms with Crippen LogP contribution in [0.2, 0.25) is 0 Å². The van der Waals surface area contributed by atoms with Crippen LogP contribution in [0.15, 0.2) is 0 Å². The normalized spacial score (nSPS) is 41.8. The van der Waals surface area contributed by atoms with Gasteiger partial charge < -0.3 is 5.32 Å². The van der Waals surface area contributed by atoms with Crippen LogP contribution in [0.25, 0.3) is 0 Å². The van der Waals surface area contributed by atoms with Crippen molar-refractivity contribution in [2.24, 2.45) is 23.7 Å². The largest absolute Gasteiger partial charge is 0.313 e. The van der Waals surface area contributed by atoms with E-state index in [1.54, 1.807) is 0 Å². The van der Waals surface area contributed by atoms with E-state index in [4.69, 9.17) is 0 Å². The molecule has 0 aromatic rings. The van der Waals surface area contributed by atoms with E-state index in [0.29, 0.717) is 0 Å². The summed E-state index contributed by atoms with van der Waals surface area (Å²) in [7, 11) is 0. The minimum Gasteiger partial charge on any atom is -0.313 e. The van der Waals surface area contributed by atoms with Gasteiger partial charge >= 0.3 is 0 Å². The second-order valence-corrected chi connectivity index (χ2v) is 7.21. The summed E-state index contributed by atoms with van der Waals surface area (Å²) >= 11 is 0. The highest BCUT2D eigenvalue weighted by atomic mass is 14.9. The maximum atomic E-state index is 3.90. The molecule has 1 nitrogen and oxygen atoms in total. The molecule has 2 aliphatic rings. The smallest absolute Gasteiger partial charge is 0.00953 e. The Bertz CT molecular complexity index is 230. The van der Waals surface area contributed by atoms with E-state index in [1.807, 2.05) is 0 Å². The molecule has 0 bridgehead atoms. The van der Waals surface area contributed by atoms with E-state index in [0.717, 1.165) is 29.7 Å². The fraction of sp³-hybridized carbons (Fsp3) is 1.00. The zero-order chi connectivity index (χ0) is 13.0. The third-order valence-corrected chi connectivity index (χ3v) is 5.67. The molecule has 0 aromatic heterocycles. The van der Waals surface area contributed by atoms with E-state index in [9.17, 15) is 0 Å². The van der Waals surface area contributed by atoms with Gasteiger partial charge in [-0.05, 0) is 55.9 Å². The molecule has 2 rings (SSSR count). The quantitative estimate of drug-likeness (QED) is 0.769. The van der Waals surface area contributed by atoms with Crippen LogP contribution in [0.1, 0.15) is 72.1 Å². The van der Waals surface area contributed by atoms with E-state index < -0.39 is 0 Å². The fourth-order valence-electron chi connectivity index (χ4n) is 3.98. The lowest BCUT2D eigenvalue weighted by molar-refractivity contribution is 0.202. The molecule has 0 heterocycles. The summed E-state index contributed by atoms with van der Waals surface area (Å²) in [5.41, 5.74) is 0. The van der Waals surface area contributed by atoms with Crippen LogP contribution in [-0.2, 0) is 0 Å². The molecule has 0 radical (unpaired) electrons. The van der Waals surface area contributed by atoms with Crippen molar-refractivity contribution < 1.29 is 0 Å². The molecule has 0 aliphatic heterocycles. The summed E-state index contributed by atoms with van der Waals surface area (Å²) in [5.74, 6) is 3.84. The fourth-order valence-corrected chi connectivity index (χ4v) is 3.98. The van der Waals surface area contributed by atoms with Gasteiger partial charge in [-0.1, -0.05) is 46.5 Å². The van der Waals surface area contributed by atoms with Gasteiger partial charge in [0.15, 0.2) is 0 Å². The summed E-state index contributed by atoms with van der Waals surface area (Å²) in [6.07, 6.45) is 11.6. The molecule has 0 saturated heterocycles. The van der Waals surface area contributed by atoms with Gasteiger partial charge in [0.25, 0.3) is 0 Å². The van der Waals surface area contributed by atoms with Crippen molar-refractivity contribution >= 4 is 0 Å². The second kappa shape index (κ2) is 6.93. The van der Waals surface area contributed by atoms with Gasteiger partial charge in [-0.2, -0.15) is 0 Å². The van der Waals surface area contributed by atoms with Crippen molar-refractivity contribution in [2.75, 3.05) is 6.54 Å². The average molecular weight is 251 g/mol. The zero-order valence-electron chi connectivity index (χ0n) is 12.8. The number of hydrogen-bond acceptors (Lipinski definition) is 1. The van der Waals surface area contributed by atoms with Gasteiger partial charge in [0.05, 0.1) is 0 Å². The highest BCUT2D eigenvalue weighted by molar-refractivity contribution is 4.83. The van der Waals surface area contributed by atoms with Crippen molar-refractivity contribution in [3.63, 3.8) is 0 Å². The predicted octanol–water partition coefficient (Wildman–Crippen LogP) is 4.62. The molecule has 0 aromatic carbocycles. The topological polar surface area (TPSA) is 12.0 Å². The summed E-state index contributed by atoms with van der Waals surface area (Å²) in [6, 6.07) is 0.803. The van der Waals surface area contributed by atoms with Gasteiger partial charge in [0.1, 0.15) is 0 Å². The molecule has 0 spiro atoms. The molecular formula is C17H33N. The first-order valence-corrected chi connectivity index (χ1v) is 8.42. The van der Waals surface area contributed by atoms with E-state index in [-0.39, 0.29) is 0 Å². The highest BCUT2D eigenvalue weighted by Crippen LogP contribution is 2.32. The molecule has 0 amide bonds. The molecule has 1 N–H and O–H groups in total. The van der Waals surface area contributed by atoms with Gasteiger partial charge in [0.2, 0.25) is 0 Å². The molecule has 3 atom stereocenters. The molecule has 18 heavy (non-hydrogen) atoms. The minimum absolute atomic E-state index is 0.803. The molecule has 1 heteroatoms. The Balaban J connectivity index is 1.68. The van der Waals surface area contributed by atoms with Gasteiger partial charge in [-0.15, -0.1) is 0 Å². The molecule has 2 fully saturated rings. The summed E-state index contributed by atoms with van der Waals surface area (Å²) in [6.45, 7) is 8.51. The summed E-state index contributed by atoms with van der Waals surface area (Å²) in [4.78, 5) is 0. The third kappa shape index (κ3) is 3.98. The van der Waals surface area contributed by atoms with Crippen molar-refractivity contribution in [1.29, 1.82) is 0 Å². The molecule has 2 aliphatic carbocycles. The van der Waals surface area contributed by atoms with Crippen LogP contribution in [-0.4, -0.2) is 12.6 Å². The average Bonchev–Trinajstić information content (AvgIpc) is 2.40. The van der Waals surface area contributed by atoms with E-state index in [2.05, 4.69) is 26.1 Å². The first-order chi connectivity index (χ1) is 8.69. The lowest BCUT2D eigenvalue weighted by Crippen LogP contribution is -2.42. The molecule has 106 valence electrons. The van der Waals surface area contributed by atoms with Gasteiger partial charge in [0, 0.05) is 6.04 Å². The van der Waals surface area contributed by atoms with E-state index >= 15 is 0 Å². The van der Waals surface area contributed by atoms with Crippen LogP contribution in [0.5, 0.6) is 0 Å². The third-order valence-electron chi connectivity index (χ3n) is 5.67.